The van der Waals surface area contributed by atoms with Crippen molar-refractivity contribution in [3.63, 3.8) is 0 Å². The molecule has 0 saturated carbocycles. The molecule has 0 aliphatic carbocycles. The van der Waals surface area contributed by atoms with Gasteiger partial charge in [-0.1, -0.05) is 0 Å². The summed E-state index contributed by atoms with van der Waals surface area (Å²) >= 11 is 0. The number of hydrazine groups is 1. The Balaban J connectivity index is 4.03. The Labute approximate surface area is 54.5 Å². The maximum absolute atomic E-state index is 9.13. The van der Waals surface area contributed by atoms with Gasteiger partial charge in [-0.2, -0.15) is 0 Å². The first-order valence-corrected chi connectivity index (χ1v) is 2.63. The average molecular weight is 131 g/mol. The molecule has 0 bridgehead atoms. The van der Waals surface area contributed by atoms with E-state index in [9.17, 15) is 0 Å². The highest BCUT2D eigenvalue weighted by atomic mass is 16.3. The van der Waals surface area contributed by atoms with E-state index >= 15 is 0 Å². The molecule has 0 heterocycles. The van der Waals surface area contributed by atoms with Crippen LogP contribution in [-0.4, -0.2) is 10.7 Å². The zero-order chi connectivity index (χ0) is 7.49. The van der Waals surface area contributed by atoms with E-state index in [1.807, 2.05) is 0 Å². The van der Waals surface area contributed by atoms with Crippen molar-refractivity contribution in [2.45, 2.75) is 19.4 Å². The Bertz CT molecular complexity index is 114. The lowest BCUT2D eigenvalue weighted by atomic mass is 10.1. The lowest BCUT2D eigenvalue weighted by Gasteiger charge is -2.16. The highest BCUT2D eigenvalue weighted by molar-refractivity contribution is 5.07. The Morgan fingerprint density at radius 2 is 2.11 bits per heavy atom. The number of rotatable bonds is 2. The molecular formula is C5H13N3O. The smallest absolute Gasteiger partial charge is 0.0997 e. The van der Waals surface area contributed by atoms with Crippen molar-refractivity contribution in [1.82, 2.24) is 5.43 Å². The van der Waals surface area contributed by atoms with Crippen LogP contribution in [0.1, 0.15) is 13.8 Å². The van der Waals surface area contributed by atoms with Gasteiger partial charge in [-0.25, -0.2) is 0 Å². The highest BCUT2D eigenvalue weighted by Crippen LogP contribution is 2.07. The first-order valence-electron chi connectivity index (χ1n) is 2.63. The SMILES string of the molecule is CC(C)(O)/C(N)=C/NN. The molecule has 0 aliphatic heterocycles. The van der Waals surface area contributed by atoms with Gasteiger partial charge in [-0.15, -0.1) is 0 Å². The molecule has 54 valence electrons. The Morgan fingerprint density at radius 1 is 1.67 bits per heavy atom. The average Bonchev–Trinajstić information content (AvgIpc) is 1.64. The van der Waals surface area contributed by atoms with Gasteiger partial charge in [0.15, 0.2) is 0 Å². The predicted octanol–water partition coefficient (Wildman–Crippen LogP) is -0.979. The normalized spacial score (nSPS) is 13.6. The standard InChI is InChI=1S/C5H13N3O/c1-5(2,9)4(6)3-8-7/h3,8-9H,6-7H2,1-2H3/b4-3-. The van der Waals surface area contributed by atoms with Gasteiger partial charge in [0.25, 0.3) is 0 Å². The third-order valence-electron chi connectivity index (χ3n) is 0.945. The minimum Gasteiger partial charge on any atom is -0.398 e. The maximum Gasteiger partial charge on any atom is 0.0997 e. The van der Waals surface area contributed by atoms with Crippen LogP contribution in [-0.2, 0) is 0 Å². The van der Waals surface area contributed by atoms with E-state index in [0.717, 1.165) is 0 Å². The maximum atomic E-state index is 9.13. The van der Waals surface area contributed by atoms with Crippen LogP contribution in [0, 0.1) is 0 Å². The van der Waals surface area contributed by atoms with E-state index in [1.54, 1.807) is 13.8 Å². The summed E-state index contributed by atoms with van der Waals surface area (Å²) in [6, 6.07) is 0. The molecular weight excluding hydrogens is 118 g/mol. The second-order valence-electron chi connectivity index (χ2n) is 2.33. The number of hydrogen-bond acceptors (Lipinski definition) is 4. The molecule has 0 fully saturated rings. The van der Waals surface area contributed by atoms with Crippen LogP contribution in [0.2, 0.25) is 0 Å². The minimum atomic E-state index is -0.994. The minimum absolute atomic E-state index is 0.310. The van der Waals surface area contributed by atoms with E-state index in [-0.39, 0.29) is 0 Å². The van der Waals surface area contributed by atoms with Crippen LogP contribution in [0.5, 0.6) is 0 Å². The third-order valence-corrected chi connectivity index (χ3v) is 0.945. The van der Waals surface area contributed by atoms with E-state index in [2.05, 4.69) is 5.43 Å². The summed E-state index contributed by atoms with van der Waals surface area (Å²) < 4.78 is 0. The van der Waals surface area contributed by atoms with Crippen molar-refractivity contribution in [1.29, 1.82) is 0 Å². The molecule has 0 aromatic carbocycles. The predicted molar refractivity (Wildman–Crippen MR) is 35.9 cm³/mol. The molecule has 0 atom stereocenters. The molecule has 0 aromatic rings. The largest absolute Gasteiger partial charge is 0.398 e. The molecule has 4 nitrogen and oxygen atoms in total. The third kappa shape index (κ3) is 2.94. The number of nitrogens with one attached hydrogen (secondary N) is 1. The van der Waals surface area contributed by atoms with Crippen LogP contribution in [0.4, 0.5) is 0 Å². The molecule has 0 unspecified atom stereocenters. The van der Waals surface area contributed by atoms with Crippen LogP contribution in [0.3, 0.4) is 0 Å². The fraction of sp³-hybridized carbons (Fsp3) is 0.600. The molecule has 0 amide bonds. The summed E-state index contributed by atoms with van der Waals surface area (Å²) in [5.41, 5.74) is 6.87. The second-order valence-corrected chi connectivity index (χ2v) is 2.33. The molecule has 4 heteroatoms. The van der Waals surface area contributed by atoms with Gasteiger partial charge in [-0.3, -0.25) is 5.84 Å². The van der Waals surface area contributed by atoms with Gasteiger partial charge < -0.3 is 16.3 Å². The summed E-state index contributed by atoms with van der Waals surface area (Å²) in [4.78, 5) is 0. The van der Waals surface area contributed by atoms with Gasteiger partial charge in [0.1, 0.15) is 0 Å². The van der Waals surface area contributed by atoms with E-state index in [1.165, 1.54) is 6.20 Å². The summed E-state index contributed by atoms with van der Waals surface area (Å²) in [7, 11) is 0. The molecule has 0 aliphatic rings. The lowest BCUT2D eigenvalue weighted by Crippen LogP contribution is -2.30. The van der Waals surface area contributed by atoms with Crippen molar-refractivity contribution < 1.29 is 5.11 Å². The van der Waals surface area contributed by atoms with Crippen molar-refractivity contribution in [3.05, 3.63) is 11.9 Å². The molecule has 0 aromatic heterocycles. The van der Waals surface area contributed by atoms with Crippen LogP contribution < -0.4 is 17.0 Å². The van der Waals surface area contributed by atoms with Gasteiger partial charge >= 0.3 is 0 Å². The second kappa shape index (κ2) is 2.70. The Hall–Kier alpha value is -0.740. The van der Waals surface area contributed by atoms with E-state index in [0.29, 0.717) is 5.70 Å². The molecule has 0 spiro atoms. The van der Waals surface area contributed by atoms with Crippen molar-refractivity contribution >= 4 is 0 Å². The van der Waals surface area contributed by atoms with E-state index < -0.39 is 5.60 Å². The summed E-state index contributed by atoms with van der Waals surface area (Å²) in [5, 5.41) is 9.13. The fourth-order valence-corrected chi connectivity index (χ4v) is 0.266. The molecule has 0 rings (SSSR count). The van der Waals surface area contributed by atoms with Crippen LogP contribution >= 0.6 is 0 Å². The lowest BCUT2D eigenvalue weighted by molar-refractivity contribution is 0.117. The number of hydrogen-bond donors (Lipinski definition) is 4. The molecule has 0 saturated heterocycles. The van der Waals surface area contributed by atoms with Gasteiger partial charge in [0, 0.05) is 6.20 Å². The van der Waals surface area contributed by atoms with Crippen molar-refractivity contribution in [3.8, 4) is 0 Å². The zero-order valence-corrected chi connectivity index (χ0v) is 5.68. The first-order chi connectivity index (χ1) is 3.98. The fourth-order valence-electron chi connectivity index (χ4n) is 0.266. The number of aliphatic hydroxyl groups is 1. The van der Waals surface area contributed by atoms with Crippen molar-refractivity contribution in [2.24, 2.45) is 11.6 Å². The Morgan fingerprint density at radius 3 is 2.22 bits per heavy atom. The van der Waals surface area contributed by atoms with E-state index in [4.69, 9.17) is 16.7 Å². The summed E-state index contributed by atoms with van der Waals surface area (Å²) in [6.45, 7) is 3.16. The zero-order valence-electron chi connectivity index (χ0n) is 5.68. The Kier molecular flexibility index (Phi) is 2.48. The van der Waals surface area contributed by atoms with Gasteiger partial charge in [-0.05, 0) is 13.8 Å². The molecule has 9 heavy (non-hydrogen) atoms. The molecule has 0 radical (unpaired) electrons. The summed E-state index contributed by atoms with van der Waals surface area (Å²) in [6.07, 6.45) is 1.35. The quantitative estimate of drug-likeness (QED) is 0.287. The summed E-state index contributed by atoms with van der Waals surface area (Å²) in [5.74, 6) is 4.91. The van der Waals surface area contributed by atoms with Crippen molar-refractivity contribution in [2.75, 3.05) is 0 Å². The highest BCUT2D eigenvalue weighted by Gasteiger charge is 2.14. The topological polar surface area (TPSA) is 84.3 Å². The first kappa shape index (κ1) is 8.26. The van der Waals surface area contributed by atoms with Gasteiger partial charge in [0.05, 0.1) is 11.3 Å². The molecule has 6 N–H and O–H groups in total. The van der Waals surface area contributed by atoms with Crippen LogP contribution in [0.15, 0.2) is 11.9 Å². The number of nitrogens with two attached hydrogens (primary N) is 2. The van der Waals surface area contributed by atoms with Crippen LogP contribution in [0.25, 0.3) is 0 Å². The van der Waals surface area contributed by atoms with Gasteiger partial charge in [0.2, 0.25) is 0 Å². The monoisotopic (exact) mass is 131 g/mol.